The molecule has 0 amide bonds. The van der Waals surface area contributed by atoms with Crippen molar-refractivity contribution in [1.29, 1.82) is 5.41 Å². The summed E-state index contributed by atoms with van der Waals surface area (Å²) in [4.78, 5) is 36.2. The van der Waals surface area contributed by atoms with Crippen LogP contribution in [-0.4, -0.2) is 59.0 Å². The molecule has 2 aromatic heterocycles. The van der Waals surface area contributed by atoms with Crippen molar-refractivity contribution in [3.8, 4) is 5.13 Å². The van der Waals surface area contributed by atoms with E-state index < -0.39 is 16.5 Å². The van der Waals surface area contributed by atoms with Gasteiger partial charge in [0.1, 0.15) is 11.4 Å². The lowest BCUT2D eigenvalue weighted by atomic mass is 10.1. The number of nitrogens with one attached hydrogen (secondary N) is 3. The number of carbonyl (C=O) groups is 1. The van der Waals surface area contributed by atoms with Crippen LogP contribution in [-0.2, 0) is 9.57 Å². The first kappa shape index (κ1) is 22.6. The number of halogens is 1. The minimum absolute atomic E-state index is 0.0607. The van der Waals surface area contributed by atoms with Gasteiger partial charge in [0.15, 0.2) is 10.3 Å². The fourth-order valence-corrected chi connectivity index (χ4v) is 3.73. The van der Waals surface area contributed by atoms with Gasteiger partial charge in [0.05, 0.1) is 37.3 Å². The number of aromatic nitrogens is 2. The highest BCUT2D eigenvalue weighted by atomic mass is 32.1. The highest BCUT2D eigenvalue weighted by Gasteiger charge is 2.30. The molecule has 3 heterocycles. The van der Waals surface area contributed by atoms with Gasteiger partial charge in [0.2, 0.25) is 5.43 Å². The number of esters is 1. The van der Waals surface area contributed by atoms with Crippen LogP contribution in [0.15, 0.2) is 29.6 Å². The second-order valence-electron chi connectivity index (χ2n) is 6.75. The van der Waals surface area contributed by atoms with Gasteiger partial charge >= 0.3 is 5.97 Å². The summed E-state index contributed by atoms with van der Waals surface area (Å²) in [5.74, 6) is -0.207. The van der Waals surface area contributed by atoms with E-state index in [1.54, 1.807) is 6.92 Å². The third-order valence-corrected chi connectivity index (χ3v) is 5.34. The molecule has 0 unspecified atom stereocenters. The number of thiazole rings is 1. The number of likely N-dealkylation sites (tertiary alicyclic amines) is 1. The van der Waals surface area contributed by atoms with E-state index in [2.05, 4.69) is 22.4 Å². The van der Waals surface area contributed by atoms with Gasteiger partial charge in [-0.3, -0.25) is 9.36 Å². The Morgan fingerprint density at radius 1 is 1.48 bits per heavy atom. The summed E-state index contributed by atoms with van der Waals surface area (Å²) in [6, 6.07) is 0.119. The van der Waals surface area contributed by atoms with E-state index in [0.29, 0.717) is 18.9 Å². The number of hydroxylamine groups is 1. The molecule has 31 heavy (non-hydrogen) atoms. The van der Waals surface area contributed by atoms with Gasteiger partial charge in [-0.1, -0.05) is 17.9 Å². The molecule has 0 aliphatic carbocycles. The number of rotatable bonds is 9. The molecule has 166 valence electrons. The van der Waals surface area contributed by atoms with E-state index in [4.69, 9.17) is 15.0 Å². The average molecular weight is 450 g/mol. The summed E-state index contributed by atoms with van der Waals surface area (Å²) in [6.07, 6.45) is 2.28. The Labute approximate surface area is 181 Å². The summed E-state index contributed by atoms with van der Waals surface area (Å²) in [6.45, 7) is 8.33. The maximum atomic E-state index is 13.7. The zero-order valence-electron chi connectivity index (χ0n) is 17.3. The minimum Gasteiger partial charge on any atom is -0.462 e. The Hall–Kier alpha value is -3.09. The summed E-state index contributed by atoms with van der Waals surface area (Å²) >= 11 is 0.728. The second kappa shape index (κ2) is 9.37. The van der Waals surface area contributed by atoms with Crippen LogP contribution in [0.1, 0.15) is 29.8 Å². The molecule has 1 aliphatic rings. The van der Waals surface area contributed by atoms with E-state index in [1.165, 1.54) is 24.8 Å². The van der Waals surface area contributed by atoms with Crippen molar-refractivity contribution >= 4 is 28.8 Å². The fourth-order valence-electron chi connectivity index (χ4n) is 3.10. The normalized spacial score (nSPS) is 13.6. The van der Waals surface area contributed by atoms with Gasteiger partial charge in [-0.05, 0) is 13.8 Å². The van der Waals surface area contributed by atoms with Crippen molar-refractivity contribution in [3.05, 3.63) is 51.3 Å². The monoisotopic (exact) mass is 450 g/mol. The molecular formula is C19H23FN6O4S. The zero-order valence-corrected chi connectivity index (χ0v) is 18.1. The van der Waals surface area contributed by atoms with Crippen LogP contribution in [0.4, 0.5) is 10.2 Å². The third-order valence-electron chi connectivity index (χ3n) is 4.56. The first-order valence-electron chi connectivity index (χ1n) is 9.40. The van der Waals surface area contributed by atoms with Gasteiger partial charge < -0.3 is 25.2 Å². The lowest BCUT2D eigenvalue weighted by molar-refractivity contribution is 0.00782. The van der Waals surface area contributed by atoms with Gasteiger partial charge in [-0.25, -0.2) is 9.78 Å². The molecule has 0 bridgehead atoms. The molecule has 0 radical (unpaired) electrons. The third kappa shape index (κ3) is 4.65. The molecule has 12 heteroatoms. The lowest BCUT2D eigenvalue weighted by Gasteiger charge is -2.41. The number of nitrogens with zero attached hydrogens (tertiary/aromatic N) is 3. The lowest BCUT2D eigenvalue weighted by Crippen LogP contribution is -2.57. The topological polar surface area (TPSA) is 122 Å². The van der Waals surface area contributed by atoms with Crippen molar-refractivity contribution in [2.45, 2.75) is 19.9 Å². The molecule has 1 saturated heterocycles. The van der Waals surface area contributed by atoms with Crippen LogP contribution in [0.3, 0.4) is 0 Å². The van der Waals surface area contributed by atoms with Crippen molar-refractivity contribution in [2.24, 2.45) is 0 Å². The molecule has 1 aliphatic heterocycles. The van der Waals surface area contributed by atoms with Crippen molar-refractivity contribution in [3.63, 3.8) is 0 Å². The van der Waals surface area contributed by atoms with Crippen LogP contribution >= 0.6 is 11.3 Å². The molecule has 0 atom stereocenters. The van der Waals surface area contributed by atoms with Gasteiger partial charge in [-0.15, -0.1) is 0 Å². The standard InChI is InChI=1S/C19H23FN6O4S/c1-5-30-18(28)13-9-26(19-22-6-14(20)31-19)17(15(10(2)21)16(13)27)23-11(3)25-7-12(8-25)24-29-4/h6,9,12,21,23-24H,3,5,7-8H2,1-2,4H3. The van der Waals surface area contributed by atoms with E-state index in [0.717, 1.165) is 17.5 Å². The number of pyridine rings is 1. The van der Waals surface area contributed by atoms with E-state index in [9.17, 15) is 14.0 Å². The molecule has 1 fully saturated rings. The number of hydrogen-bond donors (Lipinski definition) is 3. The van der Waals surface area contributed by atoms with Crippen LogP contribution in [0.2, 0.25) is 0 Å². The first-order chi connectivity index (χ1) is 14.8. The number of anilines is 1. The van der Waals surface area contributed by atoms with Gasteiger partial charge in [0, 0.05) is 25.0 Å². The van der Waals surface area contributed by atoms with E-state index >= 15 is 0 Å². The minimum atomic E-state index is -0.831. The van der Waals surface area contributed by atoms with E-state index in [1.807, 2.05) is 4.90 Å². The van der Waals surface area contributed by atoms with Crippen LogP contribution in [0.5, 0.6) is 0 Å². The summed E-state index contributed by atoms with van der Waals surface area (Å²) < 4.78 is 20.1. The first-order valence-corrected chi connectivity index (χ1v) is 10.2. The summed E-state index contributed by atoms with van der Waals surface area (Å²) in [5, 5.41) is 10.8. The van der Waals surface area contributed by atoms with Crippen molar-refractivity contribution in [2.75, 3.05) is 32.1 Å². The predicted octanol–water partition coefficient (Wildman–Crippen LogP) is 1.72. The number of carbonyl (C=O) groups excluding carboxylic acids is 1. The fraction of sp³-hybridized carbons (Fsp3) is 0.368. The molecule has 3 rings (SSSR count). The van der Waals surface area contributed by atoms with Crippen LogP contribution < -0.4 is 16.2 Å². The molecule has 10 nitrogen and oxygen atoms in total. The molecule has 3 N–H and O–H groups in total. The van der Waals surface area contributed by atoms with E-state index in [-0.39, 0.29) is 40.4 Å². The Balaban J connectivity index is 2.08. The quantitative estimate of drug-likeness (QED) is 0.300. The SMILES string of the molecule is C=C(Nc1c(C(C)=N)c(=O)c(C(=O)OCC)cn1-c1ncc(F)s1)N1CC(NOC)C1. The van der Waals surface area contributed by atoms with Crippen LogP contribution in [0, 0.1) is 10.5 Å². The molecule has 2 aromatic rings. The largest absolute Gasteiger partial charge is 0.462 e. The maximum absolute atomic E-state index is 13.7. The van der Waals surface area contributed by atoms with Crippen molar-refractivity contribution < 1.29 is 18.8 Å². The van der Waals surface area contributed by atoms with Crippen molar-refractivity contribution in [1.82, 2.24) is 19.9 Å². The Morgan fingerprint density at radius 3 is 2.74 bits per heavy atom. The Bertz CT molecular complexity index is 1080. The summed E-state index contributed by atoms with van der Waals surface area (Å²) in [7, 11) is 1.53. The molecule has 0 saturated carbocycles. The average Bonchev–Trinajstić information content (AvgIpc) is 3.10. The molecule has 0 spiro atoms. The number of hydrogen-bond acceptors (Lipinski definition) is 10. The second-order valence-corrected chi connectivity index (χ2v) is 7.71. The zero-order chi connectivity index (χ0) is 22.7. The smallest absolute Gasteiger partial charge is 0.343 e. The maximum Gasteiger partial charge on any atom is 0.343 e. The molecular weight excluding hydrogens is 427 g/mol. The highest BCUT2D eigenvalue weighted by Crippen LogP contribution is 2.26. The van der Waals surface area contributed by atoms with Crippen LogP contribution in [0.25, 0.3) is 5.13 Å². The van der Waals surface area contributed by atoms with Gasteiger partial charge in [0.25, 0.3) is 0 Å². The molecule has 0 aromatic carbocycles. The van der Waals surface area contributed by atoms with Gasteiger partial charge in [-0.2, -0.15) is 9.87 Å². The predicted molar refractivity (Wildman–Crippen MR) is 114 cm³/mol. The Morgan fingerprint density at radius 2 is 2.19 bits per heavy atom. The highest BCUT2D eigenvalue weighted by molar-refractivity contribution is 7.12. The summed E-state index contributed by atoms with van der Waals surface area (Å²) in [5.41, 5.74) is 1.75. The number of ether oxygens (including phenoxy) is 1. The Kier molecular flexibility index (Phi) is 6.83.